The molecule has 0 saturated heterocycles. The van der Waals surface area contributed by atoms with Crippen molar-refractivity contribution in [2.75, 3.05) is 26.4 Å². The first kappa shape index (κ1) is 29.9. The van der Waals surface area contributed by atoms with Gasteiger partial charge in [-0.3, -0.25) is 4.68 Å². The molecule has 0 atom stereocenters. The zero-order chi connectivity index (χ0) is 30.5. The van der Waals surface area contributed by atoms with E-state index in [1.165, 1.54) is 0 Å². The lowest BCUT2D eigenvalue weighted by molar-refractivity contribution is 0.0512. The molecule has 0 bridgehead atoms. The van der Waals surface area contributed by atoms with E-state index in [0.717, 1.165) is 81.3 Å². The topological polar surface area (TPSA) is 79.5 Å². The lowest BCUT2D eigenvalue weighted by Gasteiger charge is -2.14. The van der Waals surface area contributed by atoms with E-state index in [4.69, 9.17) is 19.3 Å². The molecular formula is C36H44N4O4. The van der Waals surface area contributed by atoms with Crippen molar-refractivity contribution in [1.82, 2.24) is 19.7 Å². The highest BCUT2D eigenvalue weighted by atomic mass is 16.5. The zero-order valence-electron chi connectivity index (χ0n) is 26.0. The third kappa shape index (κ3) is 5.84. The first-order chi connectivity index (χ1) is 21.6. The van der Waals surface area contributed by atoms with Gasteiger partial charge in [0.1, 0.15) is 11.4 Å². The lowest BCUT2D eigenvalue weighted by atomic mass is 9.98. The summed E-state index contributed by atoms with van der Waals surface area (Å²) in [5.74, 6) is 0.609. The van der Waals surface area contributed by atoms with Crippen LogP contribution in [-0.2, 0) is 42.6 Å². The van der Waals surface area contributed by atoms with Gasteiger partial charge in [0.15, 0.2) is 0 Å². The van der Waals surface area contributed by atoms with Gasteiger partial charge in [0.25, 0.3) is 0 Å². The molecule has 0 spiro atoms. The average Bonchev–Trinajstić information content (AvgIpc) is 3.52. The maximum Gasteiger partial charge on any atom is 0.355 e. The van der Waals surface area contributed by atoms with Crippen molar-refractivity contribution in [2.24, 2.45) is 7.05 Å². The number of carbonyl (C=O) groups is 1. The Hall–Kier alpha value is -4.14. The van der Waals surface area contributed by atoms with Gasteiger partial charge in [-0.05, 0) is 56.2 Å². The summed E-state index contributed by atoms with van der Waals surface area (Å²) in [4.78, 5) is 13.7. The Labute approximate surface area is 260 Å². The molecular weight excluding hydrogens is 552 g/mol. The molecule has 0 saturated carbocycles. The summed E-state index contributed by atoms with van der Waals surface area (Å²) < 4.78 is 22.3. The number of nitrogens with one attached hydrogen (secondary N) is 1. The van der Waals surface area contributed by atoms with E-state index in [0.29, 0.717) is 51.6 Å². The molecule has 0 aliphatic carbocycles. The van der Waals surface area contributed by atoms with Crippen LogP contribution in [0.25, 0.3) is 32.8 Å². The zero-order valence-corrected chi connectivity index (χ0v) is 26.0. The highest BCUT2D eigenvalue weighted by Crippen LogP contribution is 2.39. The number of aryl methyl sites for hydroxylation is 3. The lowest BCUT2D eigenvalue weighted by Crippen LogP contribution is -2.15. The standard InChI is InChI=1S/C36H42N4O4.H2/c1-4-37-23-30-33-29-17-11-16-27-28(18-12-22-44-32-19-10-14-25-13-6-7-15-26(25)32)35(36(41)43-5-2)40(34(27)29)20-8-9-21-42-24-31(33)39(3)38-30;/h6-7,10-11,13-17,19,37H,4-5,8-9,12,18,20-24H2,1-3H3;1H. The van der Waals surface area contributed by atoms with Crippen LogP contribution in [0.15, 0.2) is 60.7 Å². The van der Waals surface area contributed by atoms with Gasteiger partial charge in [0.05, 0.1) is 36.7 Å². The number of benzene rings is 3. The van der Waals surface area contributed by atoms with Crippen LogP contribution in [0.5, 0.6) is 5.75 Å². The fourth-order valence-electron chi connectivity index (χ4n) is 6.45. The van der Waals surface area contributed by atoms with E-state index in [1.54, 1.807) is 0 Å². The minimum atomic E-state index is -0.273. The van der Waals surface area contributed by atoms with Crippen LogP contribution in [-0.4, -0.2) is 46.7 Å². The van der Waals surface area contributed by atoms with Crippen LogP contribution >= 0.6 is 0 Å². The maximum absolute atomic E-state index is 13.7. The van der Waals surface area contributed by atoms with Crippen LogP contribution in [0.2, 0.25) is 0 Å². The molecule has 6 rings (SSSR count). The van der Waals surface area contributed by atoms with Crippen LogP contribution < -0.4 is 10.1 Å². The Bertz CT molecular complexity index is 1770. The van der Waals surface area contributed by atoms with Crippen molar-refractivity contribution in [1.29, 1.82) is 0 Å². The van der Waals surface area contributed by atoms with Gasteiger partial charge in [-0.1, -0.05) is 61.5 Å². The molecule has 1 aliphatic rings. The molecule has 44 heavy (non-hydrogen) atoms. The number of ether oxygens (including phenoxy) is 3. The molecule has 0 amide bonds. The number of hydrogen-bond donors (Lipinski definition) is 1. The molecule has 3 heterocycles. The van der Waals surface area contributed by atoms with Gasteiger partial charge in [0, 0.05) is 50.1 Å². The Morgan fingerprint density at radius 2 is 1.86 bits per heavy atom. The van der Waals surface area contributed by atoms with E-state index >= 15 is 0 Å². The summed E-state index contributed by atoms with van der Waals surface area (Å²) in [6.07, 6.45) is 3.25. The van der Waals surface area contributed by atoms with E-state index in [2.05, 4.69) is 53.2 Å². The van der Waals surface area contributed by atoms with E-state index in [-0.39, 0.29) is 7.40 Å². The summed E-state index contributed by atoms with van der Waals surface area (Å²) in [5, 5.41) is 11.7. The summed E-state index contributed by atoms with van der Waals surface area (Å²) in [6, 6.07) is 20.8. The van der Waals surface area contributed by atoms with Gasteiger partial charge in [-0.25, -0.2) is 4.79 Å². The number of nitrogens with zero attached hydrogens (tertiary/aromatic N) is 3. The number of fused-ring (bicyclic) bond motifs is 3. The molecule has 8 nitrogen and oxygen atoms in total. The Morgan fingerprint density at radius 1 is 1.05 bits per heavy atom. The molecule has 3 aromatic carbocycles. The van der Waals surface area contributed by atoms with Crippen molar-refractivity contribution in [3.63, 3.8) is 0 Å². The predicted molar refractivity (Wildman–Crippen MR) is 176 cm³/mol. The monoisotopic (exact) mass is 596 g/mol. The number of carbonyl (C=O) groups excluding carboxylic acids is 1. The van der Waals surface area contributed by atoms with Crippen LogP contribution in [0.4, 0.5) is 0 Å². The molecule has 5 aromatic rings. The van der Waals surface area contributed by atoms with Crippen LogP contribution in [0.3, 0.4) is 0 Å². The highest BCUT2D eigenvalue weighted by Gasteiger charge is 2.28. The minimum Gasteiger partial charge on any atom is -0.493 e. The van der Waals surface area contributed by atoms with Gasteiger partial charge >= 0.3 is 5.97 Å². The van der Waals surface area contributed by atoms with Crippen LogP contribution in [0.1, 0.15) is 62.0 Å². The third-order valence-corrected chi connectivity index (χ3v) is 8.44. The molecule has 2 aromatic heterocycles. The quantitative estimate of drug-likeness (QED) is 0.138. The summed E-state index contributed by atoms with van der Waals surface area (Å²) in [6.45, 7) is 8.18. The van der Waals surface area contributed by atoms with Gasteiger partial charge in [-0.2, -0.15) is 5.10 Å². The SMILES string of the molecule is CCNCc1nn(C)c2c1-c1cccc3c(CCCOc4cccc5ccccc45)c(C(=O)OCC)n(c13)CCCCOC2.[HH]. The second-order valence-electron chi connectivity index (χ2n) is 11.3. The largest absolute Gasteiger partial charge is 0.493 e. The predicted octanol–water partition coefficient (Wildman–Crippen LogP) is 7.05. The number of para-hydroxylation sites is 1. The second kappa shape index (κ2) is 13.7. The van der Waals surface area contributed by atoms with Crippen molar-refractivity contribution in [3.8, 4) is 16.9 Å². The fourth-order valence-corrected chi connectivity index (χ4v) is 6.45. The second-order valence-corrected chi connectivity index (χ2v) is 11.3. The smallest absolute Gasteiger partial charge is 0.355 e. The highest BCUT2D eigenvalue weighted by molar-refractivity contribution is 6.05. The Kier molecular flexibility index (Phi) is 9.28. The number of esters is 1. The van der Waals surface area contributed by atoms with Gasteiger partial charge in [-0.15, -0.1) is 0 Å². The normalized spacial score (nSPS) is 13.5. The summed E-state index contributed by atoms with van der Waals surface area (Å²) in [5.41, 5.74) is 6.92. The van der Waals surface area contributed by atoms with Crippen molar-refractivity contribution < 1.29 is 20.4 Å². The van der Waals surface area contributed by atoms with E-state index < -0.39 is 0 Å². The summed E-state index contributed by atoms with van der Waals surface area (Å²) >= 11 is 0. The first-order valence-electron chi connectivity index (χ1n) is 15.9. The van der Waals surface area contributed by atoms with Crippen molar-refractivity contribution >= 4 is 27.6 Å². The Balaban J connectivity index is 0.00000400. The Morgan fingerprint density at radius 3 is 2.73 bits per heavy atom. The molecule has 232 valence electrons. The molecule has 0 unspecified atom stereocenters. The third-order valence-electron chi connectivity index (χ3n) is 8.44. The van der Waals surface area contributed by atoms with Gasteiger partial charge < -0.3 is 24.1 Å². The minimum absolute atomic E-state index is 0. The molecule has 0 radical (unpaired) electrons. The number of hydrogen-bond acceptors (Lipinski definition) is 6. The maximum atomic E-state index is 13.7. The number of aromatic nitrogens is 3. The van der Waals surface area contributed by atoms with Crippen LogP contribution in [0, 0.1) is 0 Å². The average molecular weight is 597 g/mol. The van der Waals surface area contributed by atoms with E-state index in [9.17, 15) is 4.79 Å². The van der Waals surface area contributed by atoms with Gasteiger partial charge in [0.2, 0.25) is 0 Å². The van der Waals surface area contributed by atoms with E-state index in [1.807, 2.05) is 42.9 Å². The number of rotatable bonds is 10. The molecule has 8 heteroatoms. The molecule has 1 aliphatic heterocycles. The van der Waals surface area contributed by atoms with Crippen molar-refractivity contribution in [2.45, 2.75) is 59.2 Å². The molecule has 0 fully saturated rings. The fraction of sp³-hybridized carbons (Fsp3) is 0.389. The summed E-state index contributed by atoms with van der Waals surface area (Å²) in [7, 11) is 1.99. The first-order valence-corrected chi connectivity index (χ1v) is 15.9. The molecule has 1 N–H and O–H groups in total. The van der Waals surface area contributed by atoms with Crippen molar-refractivity contribution in [3.05, 3.63) is 83.3 Å².